The number of carbonyl (C=O) groups excluding carboxylic acids is 1. The lowest BCUT2D eigenvalue weighted by atomic mass is 10.1. The molecule has 1 N–H and O–H groups in total. The summed E-state index contributed by atoms with van der Waals surface area (Å²) in [6, 6.07) is 13.4. The molecule has 1 atom stereocenters. The molecule has 2 aromatic carbocycles. The maximum Gasteiger partial charge on any atom is 0.251 e. The zero-order valence-corrected chi connectivity index (χ0v) is 16.7. The Bertz CT molecular complexity index is 1130. The van der Waals surface area contributed by atoms with E-state index in [2.05, 4.69) is 32.3 Å². The van der Waals surface area contributed by atoms with E-state index in [1.54, 1.807) is 36.5 Å². The van der Waals surface area contributed by atoms with Gasteiger partial charge in [-0.2, -0.15) is 0 Å². The minimum absolute atomic E-state index is 0.0168. The van der Waals surface area contributed by atoms with Crippen molar-refractivity contribution < 1.29 is 9.53 Å². The summed E-state index contributed by atoms with van der Waals surface area (Å²) in [4.78, 5) is 12.6. The topological polar surface area (TPSA) is 74.0 Å². The van der Waals surface area contributed by atoms with Crippen LogP contribution >= 0.6 is 0 Å². The summed E-state index contributed by atoms with van der Waals surface area (Å²) < 4.78 is 9.25. The van der Waals surface area contributed by atoms with E-state index in [0.29, 0.717) is 5.56 Å². The number of hydrogen-bond donors (Lipinski definition) is 1. The number of amides is 1. The van der Waals surface area contributed by atoms with Gasteiger partial charge in [-0.05, 0) is 61.4 Å². The molecule has 2 aromatic heterocycles. The maximum absolute atomic E-state index is 12.6. The van der Waals surface area contributed by atoms with Gasteiger partial charge < -0.3 is 14.6 Å². The molecule has 0 saturated carbocycles. The SMILES string of the molecule is COc1ccc2c(c1)c(CC(C)NC(=O)c1ccc(-n3cnnc3)cc1)cn2C. The van der Waals surface area contributed by atoms with Crippen molar-refractivity contribution in [3.8, 4) is 11.4 Å². The largest absolute Gasteiger partial charge is 0.497 e. The van der Waals surface area contributed by atoms with Crippen LogP contribution in [0.25, 0.3) is 16.6 Å². The molecule has 4 aromatic rings. The smallest absolute Gasteiger partial charge is 0.251 e. The van der Waals surface area contributed by atoms with Crippen LogP contribution in [0.3, 0.4) is 0 Å². The summed E-state index contributed by atoms with van der Waals surface area (Å²) in [6.45, 7) is 2.02. The Hall–Kier alpha value is -3.61. The Morgan fingerprint density at radius 1 is 1.14 bits per heavy atom. The van der Waals surface area contributed by atoms with Crippen molar-refractivity contribution >= 4 is 16.8 Å². The minimum Gasteiger partial charge on any atom is -0.497 e. The fourth-order valence-corrected chi connectivity index (χ4v) is 3.55. The number of carbonyl (C=O) groups is 1. The minimum atomic E-state index is -0.0920. The number of fused-ring (bicyclic) bond motifs is 1. The molecule has 1 unspecified atom stereocenters. The second kappa shape index (κ2) is 7.79. The zero-order chi connectivity index (χ0) is 20.4. The van der Waals surface area contributed by atoms with Crippen molar-refractivity contribution in [2.45, 2.75) is 19.4 Å². The Balaban J connectivity index is 1.46. The van der Waals surface area contributed by atoms with Gasteiger partial charge in [-0.1, -0.05) is 0 Å². The van der Waals surface area contributed by atoms with Gasteiger partial charge in [0.05, 0.1) is 7.11 Å². The predicted molar refractivity (Wildman–Crippen MR) is 111 cm³/mol. The standard InChI is InChI=1S/C22H23N5O2/c1-15(10-17-12-26(2)21-9-8-19(29-3)11-20(17)21)25-22(28)16-4-6-18(7-5-16)27-13-23-24-14-27/h4-9,11-15H,10H2,1-3H3,(H,25,28). The van der Waals surface area contributed by atoms with Crippen LogP contribution in [0.2, 0.25) is 0 Å². The number of ether oxygens (including phenoxy) is 1. The second-order valence-corrected chi connectivity index (χ2v) is 7.14. The number of aromatic nitrogens is 4. The molecule has 0 radical (unpaired) electrons. The van der Waals surface area contributed by atoms with Gasteiger partial charge >= 0.3 is 0 Å². The van der Waals surface area contributed by atoms with Crippen LogP contribution in [0.5, 0.6) is 5.75 Å². The first kappa shape index (κ1) is 18.7. The highest BCUT2D eigenvalue weighted by atomic mass is 16.5. The molecule has 2 heterocycles. The molecule has 0 aliphatic carbocycles. The van der Waals surface area contributed by atoms with Crippen molar-refractivity contribution in [3.63, 3.8) is 0 Å². The van der Waals surface area contributed by atoms with Crippen LogP contribution in [0.4, 0.5) is 0 Å². The Kier molecular flexibility index (Phi) is 5.03. The third kappa shape index (κ3) is 3.85. The Morgan fingerprint density at radius 2 is 1.86 bits per heavy atom. The summed E-state index contributed by atoms with van der Waals surface area (Å²) in [6.07, 6.45) is 6.09. The summed E-state index contributed by atoms with van der Waals surface area (Å²) >= 11 is 0. The average molecular weight is 389 g/mol. The van der Waals surface area contributed by atoms with E-state index in [1.807, 2.05) is 38.2 Å². The molecule has 7 nitrogen and oxygen atoms in total. The van der Waals surface area contributed by atoms with Crippen LogP contribution in [0.1, 0.15) is 22.8 Å². The lowest BCUT2D eigenvalue weighted by Crippen LogP contribution is -2.34. The molecular formula is C22H23N5O2. The molecule has 1 amide bonds. The summed E-state index contributed by atoms with van der Waals surface area (Å²) in [5.41, 5.74) is 3.85. The number of hydrogen-bond acceptors (Lipinski definition) is 4. The van der Waals surface area contributed by atoms with Gasteiger partial charge in [0, 0.05) is 41.4 Å². The zero-order valence-electron chi connectivity index (χ0n) is 16.7. The number of benzene rings is 2. The average Bonchev–Trinajstić information content (AvgIpc) is 3.37. The molecule has 0 bridgehead atoms. The van der Waals surface area contributed by atoms with Crippen LogP contribution in [0.15, 0.2) is 61.3 Å². The van der Waals surface area contributed by atoms with E-state index in [1.165, 1.54) is 5.56 Å². The van der Waals surface area contributed by atoms with Crippen molar-refractivity contribution in [2.75, 3.05) is 7.11 Å². The number of methoxy groups -OCH3 is 1. The van der Waals surface area contributed by atoms with Gasteiger partial charge in [-0.25, -0.2) is 0 Å². The van der Waals surface area contributed by atoms with Crippen molar-refractivity contribution in [1.82, 2.24) is 24.6 Å². The van der Waals surface area contributed by atoms with Gasteiger partial charge in [-0.3, -0.25) is 9.36 Å². The Labute approximate surface area is 168 Å². The van der Waals surface area contributed by atoms with E-state index < -0.39 is 0 Å². The molecule has 148 valence electrons. The molecule has 0 saturated heterocycles. The van der Waals surface area contributed by atoms with Gasteiger partial charge in [0.15, 0.2) is 0 Å². The molecule has 0 fully saturated rings. The number of aryl methyl sites for hydroxylation is 1. The van der Waals surface area contributed by atoms with E-state index in [9.17, 15) is 4.79 Å². The summed E-state index contributed by atoms with van der Waals surface area (Å²) in [5, 5.41) is 11.8. The number of rotatable bonds is 6. The van der Waals surface area contributed by atoms with Crippen molar-refractivity contribution in [3.05, 3.63) is 72.4 Å². The molecule has 0 spiro atoms. The van der Waals surface area contributed by atoms with Gasteiger partial charge in [0.1, 0.15) is 18.4 Å². The van der Waals surface area contributed by atoms with E-state index in [-0.39, 0.29) is 11.9 Å². The van der Waals surface area contributed by atoms with Crippen molar-refractivity contribution in [1.29, 1.82) is 0 Å². The van der Waals surface area contributed by atoms with Gasteiger partial charge in [0.2, 0.25) is 0 Å². The first-order chi connectivity index (χ1) is 14.0. The first-order valence-electron chi connectivity index (χ1n) is 9.43. The first-order valence-corrected chi connectivity index (χ1v) is 9.43. The molecule has 0 aliphatic rings. The lowest BCUT2D eigenvalue weighted by Gasteiger charge is -2.14. The monoisotopic (exact) mass is 389 g/mol. The van der Waals surface area contributed by atoms with Crippen molar-refractivity contribution in [2.24, 2.45) is 7.05 Å². The third-order valence-electron chi connectivity index (χ3n) is 5.03. The van der Waals surface area contributed by atoms with Crippen LogP contribution in [0, 0.1) is 0 Å². The van der Waals surface area contributed by atoms with E-state index in [4.69, 9.17) is 4.74 Å². The van der Waals surface area contributed by atoms with E-state index in [0.717, 1.165) is 28.8 Å². The predicted octanol–water partition coefficient (Wildman–Crippen LogP) is 3.13. The number of nitrogens with one attached hydrogen (secondary N) is 1. The van der Waals surface area contributed by atoms with Crippen LogP contribution in [-0.4, -0.2) is 38.4 Å². The van der Waals surface area contributed by atoms with Gasteiger partial charge in [0.25, 0.3) is 5.91 Å². The molecule has 0 aliphatic heterocycles. The van der Waals surface area contributed by atoms with E-state index >= 15 is 0 Å². The molecule has 29 heavy (non-hydrogen) atoms. The lowest BCUT2D eigenvalue weighted by molar-refractivity contribution is 0.0940. The number of nitrogens with zero attached hydrogens (tertiary/aromatic N) is 4. The third-order valence-corrected chi connectivity index (χ3v) is 5.03. The fourth-order valence-electron chi connectivity index (χ4n) is 3.55. The molecule has 7 heteroatoms. The van der Waals surface area contributed by atoms with Gasteiger partial charge in [-0.15, -0.1) is 10.2 Å². The second-order valence-electron chi connectivity index (χ2n) is 7.14. The van der Waals surface area contributed by atoms with Crippen LogP contribution < -0.4 is 10.1 Å². The highest BCUT2D eigenvalue weighted by Crippen LogP contribution is 2.26. The quantitative estimate of drug-likeness (QED) is 0.550. The molecular weight excluding hydrogens is 366 g/mol. The highest BCUT2D eigenvalue weighted by molar-refractivity contribution is 5.94. The maximum atomic E-state index is 12.6. The molecule has 4 rings (SSSR count). The Morgan fingerprint density at radius 3 is 2.55 bits per heavy atom. The highest BCUT2D eigenvalue weighted by Gasteiger charge is 2.14. The van der Waals surface area contributed by atoms with Crippen LogP contribution in [-0.2, 0) is 13.5 Å². The normalized spacial score (nSPS) is 12.1. The summed E-state index contributed by atoms with van der Waals surface area (Å²) in [7, 11) is 3.69. The summed E-state index contributed by atoms with van der Waals surface area (Å²) in [5.74, 6) is 0.737. The fraction of sp³-hybridized carbons (Fsp3) is 0.227.